The molecule has 0 amide bonds. The maximum Gasteiger partial charge on any atom is 0.340 e. The van der Waals surface area contributed by atoms with Gasteiger partial charge in [-0.15, -0.1) is 0 Å². The molecule has 1 saturated heterocycles. The zero-order valence-corrected chi connectivity index (χ0v) is 13.7. The summed E-state index contributed by atoms with van der Waals surface area (Å²) in [6.07, 6.45) is 3.95. The maximum atomic E-state index is 11.1. The Morgan fingerprint density at radius 3 is 2.00 bits per heavy atom. The van der Waals surface area contributed by atoms with Crippen molar-refractivity contribution in [3.63, 3.8) is 0 Å². The number of carbonyl (C=O) groups excluding carboxylic acids is 2. The molecule has 0 N–H and O–H groups in total. The highest BCUT2D eigenvalue weighted by molar-refractivity contribution is 5.86. The van der Waals surface area contributed by atoms with Gasteiger partial charge in [0.25, 0.3) is 0 Å². The van der Waals surface area contributed by atoms with E-state index in [-0.39, 0.29) is 11.9 Å². The Labute approximate surface area is 127 Å². The Balaban J connectivity index is 0.000000384. The van der Waals surface area contributed by atoms with Gasteiger partial charge in [-0.2, -0.15) is 0 Å². The summed E-state index contributed by atoms with van der Waals surface area (Å²) in [5.41, 5.74) is -0.135. The number of hydrogen-bond acceptors (Lipinski definition) is 5. The summed E-state index contributed by atoms with van der Waals surface area (Å²) >= 11 is 0. The summed E-state index contributed by atoms with van der Waals surface area (Å²) in [6.45, 7) is 12.5. The predicted molar refractivity (Wildman–Crippen MR) is 80.9 cm³/mol. The first kappa shape index (κ1) is 19.6. The average Bonchev–Trinajstić information content (AvgIpc) is 3.19. The second kappa shape index (κ2) is 10.4. The Kier molecular flexibility index (Phi) is 9.71. The first-order valence-electron chi connectivity index (χ1n) is 7.51. The van der Waals surface area contributed by atoms with Crippen molar-refractivity contribution < 1.29 is 23.8 Å². The molecule has 1 atom stereocenters. The second-order valence-corrected chi connectivity index (χ2v) is 5.28. The monoisotopic (exact) mass is 300 g/mol. The average molecular weight is 300 g/mol. The Bertz CT molecular complexity index is 345. The van der Waals surface area contributed by atoms with E-state index in [1.165, 1.54) is 0 Å². The normalized spacial score (nSPS) is 19.0. The van der Waals surface area contributed by atoms with E-state index in [0.717, 1.165) is 25.7 Å². The molecule has 21 heavy (non-hydrogen) atoms. The zero-order valence-electron chi connectivity index (χ0n) is 13.7. The summed E-state index contributed by atoms with van der Waals surface area (Å²) in [7, 11) is 0. The lowest BCUT2D eigenvalue weighted by atomic mass is 10.2. The van der Waals surface area contributed by atoms with Crippen LogP contribution in [0.15, 0.2) is 12.2 Å². The molecular weight excluding hydrogens is 272 g/mol. The second-order valence-electron chi connectivity index (χ2n) is 5.28. The summed E-state index contributed by atoms with van der Waals surface area (Å²) in [5.74, 6) is -0.501. The van der Waals surface area contributed by atoms with Crippen molar-refractivity contribution in [2.24, 2.45) is 0 Å². The maximum absolute atomic E-state index is 11.1. The molecule has 0 saturated carbocycles. The van der Waals surface area contributed by atoms with Crippen molar-refractivity contribution in [2.45, 2.75) is 59.0 Å². The minimum Gasteiger partial charge on any atom is -0.463 e. The fraction of sp³-hybridized carbons (Fsp3) is 0.750. The number of rotatable bonds is 8. The van der Waals surface area contributed by atoms with Gasteiger partial charge >= 0.3 is 11.9 Å². The van der Waals surface area contributed by atoms with Crippen LogP contribution in [-0.2, 0) is 23.8 Å². The van der Waals surface area contributed by atoms with Crippen molar-refractivity contribution >= 4 is 11.9 Å². The minimum absolute atomic E-state index is 0.217. The summed E-state index contributed by atoms with van der Waals surface area (Å²) in [5, 5.41) is 0. The van der Waals surface area contributed by atoms with Crippen LogP contribution in [0, 0.1) is 0 Å². The van der Waals surface area contributed by atoms with E-state index in [9.17, 15) is 9.59 Å². The zero-order chi connectivity index (χ0) is 16.3. The molecule has 0 spiro atoms. The van der Waals surface area contributed by atoms with Crippen LogP contribution in [0.2, 0.25) is 0 Å². The van der Waals surface area contributed by atoms with E-state index < -0.39 is 5.60 Å². The van der Waals surface area contributed by atoms with Gasteiger partial charge in [-0.25, -0.2) is 9.59 Å². The standard InChI is InChI=1S/C8H14O3.C8H14O2/c1-3-4-5-10-7(9)8(2)6-11-8;1-4-5-6-10-8(9)7(2)3/h3-6H2,1-2H3;2,4-6H2,1,3H3. The predicted octanol–water partition coefficient (Wildman–Crippen LogP) is 3.02. The quantitative estimate of drug-likeness (QED) is 0.298. The van der Waals surface area contributed by atoms with Gasteiger partial charge in [0.15, 0.2) is 5.60 Å². The third-order valence-corrected chi connectivity index (χ3v) is 2.82. The summed E-state index contributed by atoms with van der Waals surface area (Å²) in [6, 6.07) is 0. The fourth-order valence-corrected chi connectivity index (χ4v) is 1.12. The van der Waals surface area contributed by atoms with E-state index in [0.29, 0.717) is 25.4 Å². The molecule has 122 valence electrons. The van der Waals surface area contributed by atoms with Crippen LogP contribution in [0.1, 0.15) is 53.4 Å². The van der Waals surface area contributed by atoms with Gasteiger partial charge in [0.2, 0.25) is 0 Å². The molecule has 0 aromatic rings. The van der Waals surface area contributed by atoms with Crippen LogP contribution in [0.4, 0.5) is 0 Å². The van der Waals surface area contributed by atoms with Gasteiger partial charge in [0.05, 0.1) is 19.8 Å². The van der Waals surface area contributed by atoms with Crippen LogP contribution in [0.25, 0.3) is 0 Å². The summed E-state index contributed by atoms with van der Waals surface area (Å²) in [4.78, 5) is 21.8. The molecular formula is C16H28O5. The van der Waals surface area contributed by atoms with Crippen molar-refractivity contribution in [2.75, 3.05) is 19.8 Å². The first-order chi connectivity index (χ1) is 9.87. The fourth-order valence-electron chi connectivity index (χ4n) is 1.12. The third-order valence-electron chi connectivity index (χ3n) is 2.82. The van der Waals surface area contributed by atoms with E-state index in [1.54, 1.807) is 13.8 Å². The lowest BCUT2D eigenvalue weighted by molar-refractivity contribution is -0.149. The number of epoxide rings is 1. The highest BCUT2D eigenvalue weighted by Gasteiger charge is 2.48. The molecule has 0 bridgehead atoms. The number of esters is 2. The van der Waals surface area contributed by atoms with Crippen LogP contribution in [0.5, 0.6) is 0 Å². The van der Waals surface area contributed by atoms with Crippen LogP contribution in [0.3, 0.4) is 0 Å². The van der Waals surface area contributed by atoms with Gasteiger partial charge in [0.1, 0.15) is 0 Å². The molecule has 1 aliphatic rings. The van der Waals surface area contributed by atoms with Crippen molar-refractivity contribution in [3.05, 3.63) is 12.2 Å². The number of hydrogen-bond donors (Lipinski definition) is 0. The third kappa shape index (κ3) is 9.24. The van der Waals surface area contributed by atoms with Crippen molar-refractivity contribution in [3.8, 4) is 0 Å². The summed E-state index contributed by atoms with van der Waals surface area (Å²) < 4.78 is 14.7. The van der Waals surface area contributed by atoms with E-state index in [1.807, 2.05) is 0 Å². The van der Waals surface area contributed by atoms with Crippen molar-refractivity contribution in [1.82, 2.24) is 0 Å². The first-order valence-corrected chi connectivity index (χ1v) is 7.51. The van der Waals surface area contributed by atoms with Gasteiger partial charge in [-0.05, 0) is 26.7 Å². The van der Waals surface area contributed by atoms with Crippen LogP contribution in [-0.4, -0.2) is 37.4 Å². The molecule has 0 aromatic heterocycles. The van der Waals surface area contributed by atoms with E-state index >= 15 is 0 Å². The number of carbonyl (C=O) groups is 2. The lowest BCUT2D eigenvalue weighted by Gasteiger charge is -2.05. The van der Waals surface area contributed by atoms with Gasteiger partial charge in [0, 0.05) is 5.57 Å². The van der Waals surface area contributed by atoms with E-state index in [4.69, 9.17) is 14.2 Å². The molecule has 0 aromatic carbocycles. The van der Waals surface area contributed by atoms with Gasteiger partial charge in [-0.3, -0.25) is 0 Å². The molecule has 0 aliphatic carbocycles. The van der Waals surface area contributed by atoms with Crippen molar-refractivity contribution in [1.29, 1.82) is 0 Å². The Hall–Kier alpha value is -1.36. The van der Waals surface area contributed by atoms with Crippen LogP contribution < -0.4 is 0 Å². The van der Waals surface area contributed by atoms with Crippen LogP contribution >= 0.6 is 0 Å². The molecule has 5 nitrogen and oxygen atoms in total. The molecule has 1 unspecified atom stereocenters. The largest absolute Gasteiger partial charge is 0.463 e. The molecule has 1 heterocycles. The smallest absolute Gasteiger partial charge is 0.340 e. The highest BCUT2D eigenvalue weighted by atomic mass is 16.6. The molecule has 1 rings (SSSR count). The van der Waals surface area contributed by atoms with Gasteiger partial charge in [-0.1, -0.05) is 33.3 Å². The SMILES string of the molecule is C=C(C)C(=O)OCCCC.CCCCOC(=O)C1(C)CO1. The molecule has 0 radical (unpaired) electrons. The Morgan fingerprint density at radius 2 is 1.62 bits per heavy atom. The number of ether oxygens (including phenoxy) is 3. The minimum atomic E-state index is -0.603. The molecule has 1 aliphatic heterocycles. The Morgan fingerprint density at radius 1 is 1.14 bits per heavy atom. The number of unbranched alkanes of at least 4 members (excludes halogenated alkanes) is 2. The van der Waals surface area contributed by atoms with E-state index in [2.05, 4.69) is 20.4 Å². The highest BCUT2D eigenvalue weighted by Crippen LogP contribution is 2.27. The van der Waals surface area contributed by atoms with Gasteiger partial charge < -0.3 is 14.2 Å². The lowest BCUT2D eigenvalue weighted by Crippen LogP contribution is -2.23. The molecule has 5 heteroatoms. The topological polar surface area (TPSA) is 65.1 Å². The molecule has 1 fully saturated rings.